The Morgan fingerprint density at radius 3 is 2.54 bits per heavy atom. The van der Waals surface area contributed by atoms with Crippen molar-refractivity contribution in [3.63, 3.8) is 0 Å². The Labute approximate surface area is 143 Å². The molecule has 136 valence electrons. The van der Waals surface area contributed by atoms with E-state index in [-0.39, 0.29) is 11.5 Å². The Hall–Kier alpha value is -0.840. The fraction of sp³-hybridized carbons (Fsp3) is 0.643. The monoisotopic (exact) mass is 384 g/mol. The molecule has 0 amide bonds. The summed E-state index contributed by atoms with van der Waals surface area (Å²) in [6, 6.07) is 3.13. The number of pyridine rings is 1. The molecule has 5 nitrogen and oxygen atoms in total. The average molecular weight is 384 g/mol. The van der Waals surface area contributed by atoms with Gasteiger partial charge in [0.1, 0.15) is 11.5 Å². The van der Waals surface area contributed by atoms with Crippen molar-refractivity contribution >= 4 is 21.8 Å². The minimum absolute atomic E-state index is 0.0218. The first-order valence-electron chi connectivity index (χ1n) is 7.52. The molecule has 2 rings (SSSR count). The largest absolute Gasteiger partial charge is 0.411 e. The molecule has 0 bridgehead atoms. The number of hydrogen-bond acceptors (Lipinski definition) is 5. The Kier molecular flexibility index (Phi) is 6.90. The highest BCUT2D eigenvalue weighted by atomic mass is 32.2. The molecule has 0 atom stereocenters. The van der Waals surface area contributed by atoms with Crippen LogP contribution in [0.15, 0.2) is 28.3 Å². The second-order valence-corrected chi connectivity index (χ2v) is 8.37. The van der Waals surface area contributed by atoms with Crippen LogP contribution in [-0.4, -0.2) is 55.9 Å². The minimum atomic E-state index is -4.30. The molecule has 1 fully saturated rings. The predicted octanol–water partition coefficient (Wildman–Crippen LogP) is 2.93. The number of alkyl halides is 3. The van der Waals surface area contributed by atoms with E-state index in [4.69, 9.17) is 0 Å². The molecule has 1 aliphatic heterocycles. The normalized spacial score (nSPS) is 16.6. The van der Waals surface area contributed by atoms with Crippen LogP contribution in [0, 0.1) is 0 Å². The van der Waals surface area contributed by atoms with E-state index < -0.39 is 22.8 Å². The van der Waals surface area contributed by atoms with Gasteiger partial charge >= 0.3 is 6.18 Å². The highest BCUT2D eigenvalue weighted by Gasteiger charge is 2.28. The van der Waals surface area contributed by atoms with Crippen LogP contribution in [0.5, 0.6) is 0 Å². The smallest absolute Gasteiger partial charge is 0.372 e. The van der Waals surface area contributed by atoms with Crippen molar-refractivity contribution in [1.82, 2.24) is 9.29 Å². The summed E-state index contributed by atoms with van der Waals surface area (Å²) in [5, 5.41) is 0.631. The first-order chi connectivity index (χ1) is 11.3. The van der Waals surface area contributed by atoms with Gasteiger partial charge in [0.15, 0.2) is 0 Å². The highest BCUT2D eigenvalue weighted by molar-refractivity contribution is 7.99. The Bertz CT molecular complexity index is 615. The zero-order chi connectivity index (χ0) is 17.6. The van der Waals surface area contributed by atoms with Gasteiger partial charge in [-0.25, -0.2) is 13.4 Å². The predicted molar refractivity (Wildman–Crippen MR) is 84.4 cm³/mol. The van der Waals surface area contributed by atoms with Crippen molar-refractivity contribution in [2.75, 3.05) is 32.1 Å². The zero-order valence-electron chi connectivity index (χ0n) is 13.0. The first kappa shape index (κ1) is 19.5. The van der Waals surface area contributed by atoms with Crippen LogP contribution < -0.4 is 0 Å². The molecule has 0 radical (unpaired) electrons. The molecule has 10 heteroatoms. The van der Waals surface area contributed by atoms with Crippen LogP contribution >= 0.6 is 11.8 Å². The molecule has 24 heavy (non-hydrogen) atoms. The summed E-state index contributed by atoms with van der Waals surface area (Å²) in [6.45, 7) is -0.138. The van der Waals surface area contributed by atoms with Crippen LogP contribution in [0.25, 0.3) is 0 Å². The van der Waals surface area contributed by atoms with Gasteiger partial charge in [0, 0.05) is 31.6 Å². The number of thioether (sulfide) groups is 1. The maximum atomic E-state index is 12.3. The standard InChI is InChI=1S/C14H19F3N2O3S2/c15-14(16,17)11-22-8-3-9-23-13-5-4-12(10-18-13)24(20,21)19-6-1-2-7-19/h4-5,10H,1-3,6-9,11H2. The molecular weight excluding hydrogens is 365 g/mol. The van der Waals surface area contributed by atoms with Crippen LogP contribution in [0.1, 0.15) is 19.3 Å². The summed E-state index contributed by atoms with van der Waals surface area (Å²) in [6.07, 6.45) is -0.772. The van der Waals surface area contributed by atoms with Crippen molar-refractivity contribution < 1.29 is 26.3 Å². The summed E-state index contributed by atoms with van der Waals surface area (Å²) in [4.78, 5) is 4.28. The third kappa shape index (κ3) is 5.91. The number of rotatable bonds is 8. The summed E-state index contributed by atoms with van der Waals surface area (Å²) >= 11 is 1.35. The molecule has 1 saturated heterocycles. The van der Waals surface area contributed by atoms with E-state index in [2.05, 4.69) is 9.72 Å². The quantitative estimate of drug-likeness (QED) is 0.510. The fourth-order valence-corrected chi connectivity index (χ4v) is 4.43. The molecule has 0 aromatic carbocycles. The number of nitrogens with zero attached hydrogens (tertiary/aromatic N) is 2. The van der Waals surface area contributed by atoms with E-state index in [1.807, 2.05) is 0 Å². The van der Waals surface area contributed by atoms with Gasteiger partial charge in [-0.3, -0.25) is 0 Å². The van der Waals surface area contributed by atoms with Gasteiger partial charge in [-0.1, -0.05) is 0 Å². The topological polar surface area (TPSA) is 59.5 Å². The maximum Gasteiger partial charge on any atom is 0.411 e. The molecule has 1 aliphatic rings. The van der Waals surface area contributed by atoms with Gasteiger partial charge in [0.05, 0.1) is 5.03 Å². The second-order valence-electron chi connectivity index (χ2n) is 5.31. The van der Waals surface area contributed by atoms with Gasteiger partial charge < -0.3 is 4.74 Å². The van der Waals surface area contributed by atoms with Gasteiger partial charge in [-0.2, -0.15) is 17.5 Å². The van der Waals surface area contributed by atoms with E-state index in [0.29, 0.717) is 30.3 Å². The van der Waals surface area contributed by atoms with Crippen LogP contribution in [0.4, 0.5) is 13.2 Å². The average Bonchev–Trinajstić information content (AvgIpc) is 3.05. The van der Waals surface area contributed by atoms with Crippen molar-refractivity contribution in [2.24, 2.45) is 0 Å². The molecule has 0 spiro atoms. The van der Waals surface area contributed by atoms with Crippen LogP contribution in [-0.2, 0) is 14.8 Å². The van der Waals surface area contributed by atoms with E-state index in [0.717, 1.165) is 12.8 Å². The lowest BCUT2D eigenvalue weighted by Gasteiger charge is -2.15. The number of sulfonamides is 1. The highest BCUT2D eigenvalue weighted by Crippen LogP contribution is 2.23. The van der Waals surface area contributed by atoms with Crippen molar-refractivity contribution in [3.05, 3.63) is 18.3 Å². The van der Waals surface area contributed by atoms with Crippen molar-refractivity contribution in [1.29, 1.82) is 0 Å². The van der Waals surface area contributed by atoms with Gasteiger partial charge in [0.25, 0.3) is 0 Å². The molecule has 0 N–H and O–H groups in total. The van der Waals surface area contributed by atoms with E-state index >= 15 is 0 Å². The first-order valence-corrected chi connectivity index (χ1v) is 9.95. The molecule has 0 unspecified atom stereocenters. The lowest BCUT2D eigenvalue weighted by atomic mass is 10.4. The van der Waals surface area contributed by atoms with Crippen LogP contribution in [0.2, 0.25) is 0 Å². The molecule has 0 saturated carbocycles. The van der Waals surface area contributed by atoms with E-state index in [9.17, 15) is 21.6 Å². The number of ether oxygens (including phenoxy) is 1. The zero-order valence-corrected chi connectivity index (χ0v) is 14.6. The summed E-state index contributed by atoms with van der Waals surface area (Å²) in [5.41, 5.74) is 0. The molecular formula is C14H19F3N2O3S2. The lowest BCUT2D eigenvalue weighted by Crippen LogP contribution is -2.27. The Morgan fingerprint density at radius 1 is 1.25 bits per heavy atom. The lowest BCUT2D eigenvalue weighted by molar-refractivity contribution is -0.173. The minimum Gasteiger partial charge on any atom is -0.372 e. The second kappa shape index (κ2) is 8.50. The summed E-state index contributed by atoms with van der Waals surface area (Å²) in [5.74, 6) is 0.545. The molecule has 1 aromatic heterocycles. The van der Waals surface area contributed by atoms with Crippen molar-refractivity contribution in [3.8, 4) is 0 Å². The summed E-state index contributed by atoms with van der Waals surface area (Å²) < 4.78 is 66.3. The van der Waals surface area contributed by atoms with Crippen LogP contribution in [0.3, 0.4) is 0 Å². The molecule has 0 aliphatic carbocycles. The maximum absolute atomic E-state index is 12.3. The van der Waals surface area contributed by atoms with Crippen molar-refractivity contribution in [2.45, 2.75) is 35.4 Å². The fourth-order valence-electron chi connectivity index (χ4n) is 2.21. The number of aromatic nitrogens is 1. The van der Waals surface area contributed by atoms with Gasteiger partial charge in [0.2, 0.25) is 10.0 Å². The third-order valence-corrected chi connectivity index (χ3v) is 6.27. The molecule has 1 aromatic rings. The van der Waals surface area contributed by atoms with E-state index in [1.54, 1.807) is 6.07 Å². The third-order valence-electron chi connectivity index (χ3n) is 3.36. The Balaban J connectivity index is 1.76. The number of halogens is 3. The number of hydrogen-bond donors (Lipinski definition) is 0. The Morgan fingerprint density at radius 2 is 1.96 bits per heavy atom. The SMILES string of the molecule is O=S(=O)(c1ccc(SCCCOCC(F)(F)F)nc1)N1CCCC1. The van der Waals surface area contributed by atoms with Gasteiger partial charge in [-0.05, 0) is 31.4 Å². The summed E-state index contributed by atoms with van der Waals surface area (Å²) in [7, 11) is -3.47. The molecule has 2 heterocycles. The van der Waals surface area contributed by atoms with E-state index in [1.165, 1.54) is 28.3 Å². The van der Waals surface area contributed by atoms with Gasteiger partial charge in [-0.15, -0.1) is 11.8 Å².